The minimum absolute atomic E-state index is 0.244. The summed E-state index contributed by atoms with van der Waals surface area (Å²) in [7, 11) is -0.114. The Bertz CT molecular complexity index is 490. The van der Waals surface area contributed by atoms with E-state index in [1.54, 1.807) is 0 Å². The van der Waals surface area contributed by atoms with E-state index in [-0.39, 0.29) is 5.41 Å². The highest BCUT2D eigenvalue weighted by atomic mass is 31.2. The van der Waals surface area contributed by atoms with Crippen LogP contribution in [0.5, 0.6) is 0 Å². The summed E-state index contributed by atoms with van der Waals surface area (Å²) in [4.78, 5) is 0. The maximum atomic E-state index is 12.0. The molecule has 120 valence electrons. The van der Waals surface area contributed by atoms with Crippen LogP contribution in [0.3, 0.4) is 0 Å². The Morgan fingerprint density at radius 1 is 1.33 bits per heavy atom. The fraction of sp³-hybridized carbons (Fsp3) is 0.647. The SMILES string of the molecule is COP(=O)(C/C=C(C)/C=C/C1=C(C)CCCC1(C)C)OC. The van der Waals surface area contributed by atoms with E-state index in [0.717, 1.165) is 5.57 Å². The van der Waals surface area contributed by atoms with Gasteiger partial charge in [0.05, 0.1) is 6.16 Å². The van der Waals surface area contributed by atoms with Gasteiger partial charge in [0.1, 0.15) is 0 Å². The molecule has 4 heteroatoms. The van der Waals surface area contributed by atoms with Gasteiger partial charge >= 0.3 is 7.60 Å². The fourth-order valence-corrected chi connectivity index (χ4v) is 3.73. The van der Waals surface area contributed by atoms with Gasteiger partial charge in [0.2, 0.25) is 0 Å². The fourth-order valence-electron chi connectivity index (χ4n) is 2.77. The van der Waals surface area contributed by atoms with Gasteiger partial charge in [-0.3, -0.25) is 4.57 Å². The summed E-state index contributed by atoms with van der Waals surface area (Å²) in [5, 5.41) is 0. The van der Waals surface area contributed by atoms with Gasteiger partial charge in [-0.1, -0.05) is 43.2 Å². The summed E-state index contributed by atoms with van der Waals surface area (Å²) in [6.07, 6.45) is 10.2. The van der Waals surface area contributed by atoms with Crippen LogP contribution in [0.2, 0.25) is 0 Å². The second-order valence-corrected chi connectivity index (χ2v) is 8.69. The monoisotopic (exact) mass is 312 g/mol. The summed E-state index contributed by atoms with van der Waals surface area (Å²) in [5.41, 5.74) is 4.23. The van der Waals surface area contributed by atoms with Crippen LogP contribution in [-0.2, 0) is 13.6 Å². The lowest BCUT2D eigenvalue weighted by Gasteiger charge is -2.32. The van der Waals surface area contributed by atoms with Crippen LogP contribution in [0.4, 0.5) is 0 Å². The Balaban J connectivity index is 2.82. The van der Waals surface area contributed by atoms with Gasteiger partial charge in [-0.2, -0.15) is 0 Å². The van der Waals surface area contributed by atoms with E-state index in [1.807, 2.05) is 13.0 Å². The van der Waals surface area contributed by atoms with Crippen molar-refractivity contribution in [3.8, 4) is 0 Å². The second kappa shape index (κ2) is 7.58. The van der Waals surface area contributed by atoms with Crippen molar-refractivity contribution < 1.29 is 13.6 Å². The van der Waals surface area contributed by atoms with Crippen molar-refractivity contribution in [2.45, 2.75) is 47.0 Å². The molecule has 0 amide bonds. The molecule has 0 bridgehead atoms. The first-order valence-electron chi connectivity index (χ1n) is 7.50. The van der Waals surface area contributed by atoms with Crippen LogP contribution < -0.4 is 0 Å². The number of rotatable bonds is 6. The van der Waals surface area contributed by atoms with Gasteiger partial charge in [-0.05, 0) is 44.1 Å². The molecule has 0 saturated carbocycles. The molecular weight excluding hydrogens is 283 g/mol. The summed E-state index contributed by atoms with van der Waals surface area (Å²) in [6, 6.07) is 0. The van der Waals surface area contributed by atoms with Gasteiger partial charge in [0, 0.05) is 14.2 Å². The van der Waals surface area contributed by atoms with Crippen LogP contribution in [0.15, 0.2) is 34.9 Å². The highest BCUT2D eigenvalue weighted by Gasteiger charge is 2.26. The Kier molecular flexibility index (Phi) is 6.65. The van der Waals surface area contributed by atoms with Crippen LogP contribution in [-0.4, -0.2) is 20.4 Å². The normalized spacial score (nSPS) is 20.4. The van der Waals surface area contributed by atoms with Crippen LogP contribution in [0.25, 0.3) is 0 Å². The van der Waals surface area contributed by atoms with E-state index in [4.69, 9.17) is 9.05 Å². The van der Waals surface area contributed by atoms with Gasteiger partial charge in [-0.25, -0.2) is 0 Å². The van der Waals surface area contributed by atoms with Crippen LogP contribution in [0.1, 0.15) is 47.0 Å². The zero-order valence-electron chi connectivity index (χ0n) is 14.2. The standard InChI is InChI=1S/C17H29O3P/c1-14(11-13-21(18,19-5)20-6)9-10-16-15(2)8-7-12-17(16,3)4/h9-11H,7-8,12-13H2,1-6H3/b10-9+,14-11+. The quantitative estimate of drug-likeness (QED) is 0.480. The second-order valence-electron chi connectivity index (χ2n) is 6.37. The summed E-state index contributed by atoms with van der Waals surface area (Å²) >= 11 is 0. The molecule has 1 aliphatic rings. The van der Waals surface area contributed by atoms with Crippen LogP contribution >= 0.6 is 7.60 Å². The van der Waals surface area contributed by atoms with Crippen molar-refractivity contribution >= 4 is 7.60 Å². The molecule has 0 aliphatic heterocycles. The lowest BCUT2D eigenvalue weighted by atomic mass is 9.72. The number of hydrogen-bond donors (Lipinski definition) is 0. The lowest BCUT2D eigenvalue weighted by Crippen LogP contribution is -2.19. The molecule has 0 atom stereocenters. The molecule has 0 heterocycles. The van der Waals surface area contributed by atoms with Crippen molar-refractivity contribution in [1.29, 1.82) is 0 Å². The van der Waals surface area contributed by atoms with Gasteiger partial charge in [-0.15, -0.1) is 0 Å². The van der Waals surface area contributed by atoms with E-state index in [9.17, 15) is 4.57 Å². The van der Waals surface area contributed by atoms with Crippen molar-refractivity contribution in [2.75, 3.05) is 20.4 Å². The Morgan fingerprint density at radius 3 is 2.48 bits per heavy atom. The van der Waals surface area contributed by atoms with E-state index >= 15 is 0 Å². The third kappa shape index (κ3) is 5.25. The molecule has 0 saturated heterocycles. The number of allylic oxidation sites excluding steroid dienone is 6. The molecule has 3 nitrogen and oxygen atoms in total. The zero-order valence-corrected chi connectivity index (χ0v) is 15.1. The van der Waals surface area contributed by atoms with Gasteiger partial charge in [0.25, 0.3) is 0 Å². The van der Waals surface area contributed by atoms with Gasteiger partial charge < -0.3 is 9.05 Å². The van der Waals surface area contributed by atoms with Crippen molar-refractivity contribution in [1.82, 2.24) is 0 Å². The largest absolute Gasteiger partial charge is 0.333 e. The predicted molar refractivity (Wildman–Crippen MR) is 89.7 cm³/mol. The first kappa shape index (κ1) is 18.4. The van der Waals surface area contributed by atoms with Crippen molar-refractivity contribution in [2.24, 2.45) is 5.41 Å². The Hall–Kier alpha value is -0.630. The van der Waals surface area contributed by atoms with Gasteiger partial charge in [0.15, 0.2) is 0 Å². The highest BCUT2D eigenvalue weighted by Crippen LogP contribution is 2.46. The van der Waals surface area contributed by atoms with Crippen LogP contribution in [0, 0.1) is 5.41 Å². The van der Waals surface area contributed by atoms with E-state index in [1.165, 1.54) is 44.6 Å². The molecule has 1 rings (SSSR count). The lowest BCUT2D eigenvalue weighted by molar-refractivity contribution is 0.279. The molecule has 0 N–H and O–H groups in total. The average Bonchev–Trinajstić information content (AvgIpc) is 2.43. The smallest absolute Gasteiger partial charge is 0.312 e. The average molecular weight is 312 g/mol. The first-order valence-corrected chi connectivity index (χ1v) is 9.22. The molecular formula is C17H29O3P. The molecule has 0 spiro atoms. The maximum absolute atomic E-state index is 12.0. The van der Waals surface area contributed by atoms with Crippen molar-refractivity contribution in [3.63, 3.8) is 0 Å². The molecule has 0 aromatic heterocycles. The summed E-state index contributed by atoms with van der Waals surface area (Å²) in [5.74, 6) is 0. The Labute approximate surface area is 129 Å². The molecule has 1 aliphatic carbocycles. The first-order chi connectivity index (χ1) is 9.74. The molecule has 0 fully saturated rings. The third-order valence-electron chi connectivity index (χ3n) is 4.25. The summed E-state index contributed by atoms with van der Waals surface area (Å²) in [6.45, 7) is 8.85. The summed E-state index contributed by atoms with van der Waals surface area (Å²) < 4.78 is 21.9. The van der Waals surface area contributed by atoms with E-state index < -0.39 is 7.60 Å². The molecule has 0 radical (unpaired) electrons. The number of hydrogen-bond acceptors (Lipinski definition) is 3. The predicted octanol–water partition coefficient (Wildman–Crippen LogP) is 5.50. The van der Waals surface area contributed by atoms with E-state index in [0.29, 0.717) is 6.16 Å². The Morgan fingerprint density at radius 2 is 1.95 bits per heavy atom. The minimum atomic E-state index is -2.95. The molecule has 0 aromatic carbocycles. The maximum Gasteiger partial charge on any atom is 0.333 e. The third-order valence-corrected chi connectivity index (χ3v) is 5.99. The van der Waals surface area contributed by atoms with E-state index in [2.05, 4.69) is 32.9 Å². The molecule has 0 aromatic rings. The minimum Gasteiger partial charge on any atom is -0.312 e. The zero-order chi connectivity index (χ0) is 16.1. The molecule has 0 unspecified atom stereocenters. The highest BCUT2D eigenvalue weighted by molar-refractivity contribution is 7.54. The van der Waals surface area contributed by atoms with Crippen molar-refractivity contribution in [3.05, 3.63) is 34.9 Å². The topological polar surface area (TPSA) is 35.5 Å². The molecule has 21 heavy (non-hydrogen) atoms.